The van der Waals surface area contributed by atoms with E-state index < -0.39 is 15.9 Å². The van der Waals surface area contributed by atoms with Crippen LogP contribution in [0.15, 0.2) is 18.3 Å². The van der Waals surface area contributed by atoms with Gasteiger partial charge in [-0.1, -0.05) is 6.07 Å². The molecular weight excluding hydrogens is 252 g/mol. The number of nitrogens with zero attached hydrogens (tertiary/aromatic N) is 2. The Hall–Kier alpha value is -1.14. The predicted octanol–water partition coefficient (Wildman–Crippen LogP) is 0.760. The Morgan fingerprint density at radius 2 is 2.17 bits per heavy atom. The molecule has 0 radical (unpaired) electrons. The second-order valence-electron chi connectivity index (χ2n) is 4.58. The molecule has 0 saturated carbocycles. The molecule has 2 rings (SSSR count). The summed E-state index contributed by atoms with van der Waals surface area (Å²) in [4.78, 5) is 6.24. The minimum Gasteiger partial charge on any atom is -0.389 e. The summed E-state index contributed by atoms with van der Waals surface area (Å²) in [6, 6.07) is 3.60. The highest BCUT2D eigenvalue weighted by Crippen LogP contribution is 2.24. The van der Waals surface area contributed by atoms with Crippen molar-refractivity contribution < 1.29 is 13.5 Å². The van der Waals surface area contributed by atoms with Crippen LogP contribution in [0.3, 0.4) is 0 Å². The lowest BCUT2D eigenvalue weighted by Gasteiger charge is -2.24. The van der Waals surface area contributed by atoms with Gasteiger partial charge in [0, 0.05) is 24.8 Å². The molecule has 1 atom stereocenters. The van der Waals surface area contributed by atoms with E-state index in [0.717, 1.165) is 5.56 Å². The molecule has 1 aromatic rings. The van der Waals surface area contributed by atoms with Crippen LogP contribution in [0.1, 0.15) is 25.0 Å². The van der Waals surface area contributed by atoms with Crippen LogP contribution in [-0.2, 0) is 9.84 Å². The summed E-state index contributed by atoms with van der Waals surface area (Å²) < 4.78 is 23.1. The van der Waals surface area contributed by atoms with Crippen LogP contribution in [0.5, 0.6) is 0 Å². The fraction of sp³-hybridized carbons (Fsp3) is 0.583. The largest absolute Gasteiger partial charge is 0.389 e. The van der Waals surface area contributed by atoms with E-state index in [1.807, 2.05) is 11.0 Å². The molecule has 1 saturated heterocycles. The van der Waals surface area contributed by atoms with E-state index in [2.05, 4.69) is 4.98 Å². The summed E-state index contributed by atoms with van der Waals surface area (Å²) in [5, 5.41) is 9.72. The summed E-state index contributed by atoms with van der Waals surface area (Å²) in [7, 11) is -2.93. The first-order chi connectivity index (χ1) is 8.49. The number of sulfone groups is 1. The third kappa shape index (κ3) is 3.00. The van der Waals surface area contributed by atoms with Crippen molar-refractivity contribution in [3.8, 4) is 0 Å². The molecule has 1 N–H and O–H groups in total. The lowest BCUT2D eigenvalue weighted by molar-refractivity contribution is 0.199. The zero-order valence-electron chi connectivity index (χ0n) is 10.4. The third-order valence-electron chi connectivity index (χ3n) is 3.12. The van der Waals surface area contributed by atoms with Crippen molar-refractivity contribution in [2.24, 2.45) is 0 Å². The molecule has 2 heterocycles. The minimum absolute atomic E-state index is 0.156. The van der Waals surface area contributed by atoms with Gasteiger partial charge in [-0.2, -0.15) is 0 Å². The maximum Gasteiger partial charge on any atom is 0.152 e. The van der Waals surface area contributed by atoms with Crippen molar-refractivity contribution in [3.05, 3.63) is 23.9 Å². The SMILES string of the molecule is CC(O)c1cccnc1N1CCCS(=O)(=O)CC1. The van der Waals surface area contributed by atoms with Gasteiger partial charge < -0.3 is 10.0 Å². The van der Waals surface area contributed by atoms with Crippen LogP contribution in [0, 0.1) is 0 Å². The van der Waals surface area contributed by atoms with Crippen LogP contribution in [0.25, 0.3) is 0 Å². The Kier molecular flexibility index (Phi) is 3.87. The molecule has 0 amide bonds. The Bertz CT molecular complexity index is 514. The molecule has 1 fully saturated rings. The second-order valence-corrected chi connectivity index (χ2v) is 6.89. The van der Waals surface area contributed by atoms with Crippen LogP contribution in [0.4, 0.5) is 5.82 Å². The zero-order chi connectivity index (χ0) is 13.2. The fourth-order valence-corrected chi connectivity index (χ4v) is 3.42. The molecule has 0 spiro atoms. The summed E-state index contributed by atoms with van der Waals surface area (Å²) in [6.07, 6.45) is 1.67. The quantitative estimate of drug-likeness (QED) is 0.859. The van der Waals surface area contributed by atoms with Crippen LogP contribution in [0.2, 0.25) is 0 Å². The summed E-state index contributed by atoms with van der Waals surface area (Å²) in [6.45, 7) is 2.80. The lowest BCUT2D eigenvalue weighted by Crippen LogP contribution is -2.28. The number of aromatic nitrogens is 1. The number of pyridine rings is 1. The average molecular weight is 270 g/mol. The van der Waals surface area contributed by atoms with Crippen molar-refractivity contribution in [2.75, 3.05) is 29.5 Å². The molecule has 1 unspecified atom stereocenters. The fourth-order valence-electron chi connectivity index (χ4n) is 2.15. The predicted molar refractivity (Wildman–Crippen MR) is 70.4 cm³/mol. The maximum absolute atomic E-state index is 11.6. The molecule has 18 heavy (non-hydrogen) atoms. The standard InChI is InChI=1S/C12H18N2O3S/c1-10(15)11-4-2-5-13-12(11)14-6-3-8-18(16,17)9-7-14/h2,4-5,10,15H,3,6-9H2,1H3. The van der Waals surface area contributed by atoms with Gasteiger partial charge in [0.25, 0.3) is 0 Å². The van der Waals surface area contributed by atoms with Gasteiger partial charge in [0.2, 0.25) is 0 Å². The van der Waals surface area contributed by atoms with Gasteiger partial charge in [0.1, 0.15) is 5.82 Å². The normalized spacial score (nSPS) is 21.3. The monoisotopic (exact) mass is 270 g/mol. The number of hydrogen-bond donors (Lipinski definition) is 1. The highest BCUT2D eigenvalue weighted by molar-refractivity contribution is 7.91. The Morgan fingerprint density at radius 3 is 2.89 bits per heavy atom. The molecule has 0 bridgehead atoms. The van der Waals surface area contributed by atoms with Crippen LogP contribution in [-0.4, -0.2) is 43.1 Å². The maximum atomic E-state index is 11.6. The van der Waals surface area contributed by atoms with Crippen molar-refractivity contribution in [2.45, 2.75) is 19.4 Å². The van der Waals surface area contributed by atoms with Crippen molar-refractivity contribution in [3.63, 3.8) is 0 Å². The summed E-state index contributed by atoms with van der Waals surface area (Å²) >= 11 is 0. The first-order valence-corrected chi connectivity index (χ1v) is 7.90. The van der Waals surface area contributed by atoms with Crippen molar-refractivity contribution in [1.82, 2.24) is 4.98 Å². The zero-order valence-corrected chi connectivity index (χ0v) is 11.2. The van der Waals surface area contributed by atoms with E-state index in [0.29, 0.717) is 25.3 Å². The van der Waals surface area contributed by atoms with E-state index in [1.165, 1.54) is 0 Å². The molecule has 1 aromatic heterocycles. The molecule has 6 heteroatoms. The van der Waals surface area contributed by atoms with Gasteiger partial charge in [-0.3, -0.25) is 0 Å². The minimum atomic E-state index is -2.93. The molecule has 0 aliphatic carbocycles. The van der Waals surface area contributed by atoms with Crippen molar-refractivity contribution in [1.29, 1.82) is 0 Å². The van der Waals surface area contributed by atoms with Gasteiger partial charge in [0.15, 0.2) is 9.84 Å². The average Bonchev–Trinajstić information content (AvgIpc) is 2.50. The topological polar surface area (TPSA) is 70.5 Å². The Labute approximate surface area is 107 Å². The summed E-state index contributed by atoms with van der Waals surface area (Å²) in [5.41, 5.74) is 0.747. The number of anilines is 1. The molecule has 0 aromatic carbocycles. The molecule has 1 aliphatic heterocycles. The highest BCUT2D eigenvalue weighted by Gasteiger charge is 2.22. The van der Waals surface area contributed by atoms with Gasteiger partial charge in [-0.05, 0) is 19.4 Å². The van der Waals surface area contributed by atoms with Crippen LogP contribution >= 0.6 is 0 Å². The molecular formula is C12H18N2O3S. The van der Waals surface area contributed by atoms with Gasteiger partial charge in [-0.25, -0.2) is 13.4 Å². The van der Waals surface area contributed by atoms with Gasteiger partial charge in [0.05, 0.1) is 17.6 Å². The Morgan fingerprint density at radius 1 is 1.39 bits per heavy atom. The molecule has 100 valence electrons. The van der Waals surface area contributed by atoms with Gasteiger partial charge >= 0.3 is 0 Å². The number of hydrogen-bond acceptors (Lipinski definition) is 5. The van der Waals surface area contributed by atoms with Crippen molar-refractivity contribution >= 4 is 15.7 Å². The Balaban J connectivity index is 2.26. The first kappa shape index (κ1) is 13.3. The van der Waals surface area contributed by atoms with E-state index in [1.54, 1.807) is 19.2 Å². The van der Waals surface area contributed by atoms with E-state index >= 15 is 0 Å². The van der Waals surface area contributed by atoms with E-state index in [9.17, 15) is 13.5 Å². The smallest absolute Gasteiger partial charge is 0.152 e. The number of aliphatic hydroxyl groups excluding tert-OH is 1. The lowest BCUT2D eigenvalue weighted by atomic mass is 10.1. The number of rotatable bonds is 2. The van der Waals surface area contributed by atoms with Gasteiger partial charge in [-0.15, -0.1) is 0 Å². The highest BCUT2D eigenvalue weighted by atomic mass is 32.2. The summed E-state index contributed by atoms with van der Waals surface area (Å²) in [5.74, 6) is 1.09. The number of aliphatic hydroxyl groups is 1. The third-order valence-corrected chi connectivity index (χ3v) is 4.84. The second kappa shape index (κ2) is 5.24. The van der Waals surface area contributed by atoms with E-state index in [-0.39, 0.29) is 11.5 Å². The first-order valence-electron chi connectivity index (χ1n) is 6.08. The van der Waals surface area contributed by atoms with E-state index in [4.69, 9.17) is 0 Å². The molecule has 5 nitrogen and oxygen atoms in total. The molecule has 1 aliphatic rings. The van der Waals surface area contributed by atoms with Crippen LogP contribution < -0.4 is 4.90 Å².